The average molecular weight is 425 g/mol. The summed E-state index contributed by atoms with van der Waals surface area (Å²) in [5.41, 5.74) is 1.22. The fourth-order valence-corrected chi connectivity index (χ4v) is 5.70. The highest BCUT2D eigenvalue weighted by molar-refractivity contribution is 7.80. The summed E-state index contributed by atoms with van der Waals surface area (Å²) < 4.78 is 0. The van der Waals surface area contributed by atoms with Gasteiger partial charge in [-0.3, -0.25) is 4.99 Å². The van der Waals surface area contributed by atoms with Gasteiger partial charge in [0, 0.05) is 11.8 Å². The van der Waals surface area contributed by atoms with Crippen LogP contribution < -0.4 is 15.9 Å². The van der Waals surface area contributed by atoms with Crippen molar-refractivity contribution < 1.29 is 15.0 Å². The summed E-state index contributed by atoms with van der Waals surface area (Å²) >= 11 is 0. The largest absolute Gasteiger partial charge is 0.506 e. The van der Waals surface area contributed by atoms with Gasteiger partial charge in [0.2, 0.25) is 0 Å². The Kier molecular flexibility index (Phi) is 6.21. The molecule has 0 saturated carbocycles. The Bertz CT molecular complexity index is 1180. The minimum Gasteiger partial charge on any atom is -0.506 e. The Morgan fingerprint density at radius 3 is 1.97 bits per heavy atom. The van der Waals surface area contributed by atoms with Crippen molar-refractivity contribution in [2.24, 2.45) is 4.99 Å². The number of nitrogens with zero attached hydrogens (tertiary/aromatic N) is 1. The van der Waals surface area contributed by atoms with Gasteiger partial charge in [0.1, 0.15) is 11.4 Å². The summed E-state index contributed by atoms with van der Waals surface area (Å²) in [5, 5.41) is 22.9. The highest BCUT2D eigenvalue weighted by Gasteiger charge is 2.18. The second-order valence-electron chi connectivity index (χ2n) is 6.83. The number of carboxylic acid groups (broad SMARTS) is 1. The van der Waals surface area contributed by atoms with Gasteiger partial charge in [-0.15, -0.1) is 0 Å². The van der Waals surface area contributed by atoms with Crippen molar-refractivity contribution in [1.82, 2.24) is 0 Å². The van der Waals surface area contributed by atoms with E-state index in [-0.39, 0.29) is 17.0 Å². The lowest BCUT2D eigenvalue weighted by molar-refractivity contribution is 0.0697. The summed E-state index contributed by atoms with van der Waals surface area (Å²) in [6.07, 6.45) is 1.69. The molecule has 31 heavy (non-hydrogen) atoms. The van der Waals surface area contributed by atoms with E-state index in [1.165, 1.54) is 28.8 Å². The van der Waals surface area contributed by atoms with E-state index in [2.05, 4.69) is 35.3 Å². The number of benzene rings is 4. The Labute approximate surface area is 181 Å². The fourth-order valence-electron chi connectivity index (χ4n) is 3.28. The van der Waals surface area contributed by atoms with Crippen molar-refractivity contribution >= 4 is 41.7 Å². The van der Waals surface area contributed by atoms with Gasteiger partial charge in [-0.1, -0.05) is 84.9 Å². The number of carboxylic acids is 1. The molecule has 152 valence electrons. The number of aromatic carboxylic acids is 1. The minimum atomic E-state index is -1.06. The predicted octanol–water partition coefficient (Wildman–Crippen LogP) is 4.60. The molecule has 4 rings (SSSR count). The van der Waals surface area contributed by atoms with Gasteiger partial charge in [0.15, 0.2) is 0 Å². The molecule has 0 radical (unpaired) electrons. The fraction of sp³-hybridized carbons (Fsp3) is 0. The number of phenolic OH excluding ortho intramolecular Hbond substituents is 1. The average Bonchev–Trinajstić information content (AvgIpc) is 2.81. The van der Waals surface area contributed by atoms with Crippen LogP contribution in [0.1, 0.15) is 15.9 Å². The van der Waals surface area contributed by atoms with Crippen LogP contribution in [0.25, 0.3) is 0 Å². The van der Waals surface area contributed by atoms with Gasteiger partial charge in [-0.25, -0.2) is 4.79 Å². The van der Waals surface area contributed by atoms with E-state index in [1.54, 1.807) is 6.21 Å². The van der Waals surface area contributed by atoms with E-state index in [1.807, 2.05) is 54.6 Å². The second-order valence-corrected chi connectivity index (χ2v) is 9.02. The number of phenols is 1. The van der Waals surface area contributed by atoms with Crippen LogP contribution in [0.4, 0.5) is 5.69 Å². The van der Waals surface area contributed by atoms with E-state index in [0.29, 0.717) is 0 Å². The summed E-state index contributed by atoms with van der Waals surface area (Å²) in [5.74, 6) is -1.12. The third kappa shape index (κ3) is 4.71. The molecular weight excluding hydrogens is 405 g/mol. The molecule has 0 fully saturated rings. The smallest absolute Gasteiger partial charge is 0.335 e. The maximum absolute atomic E-state index is 11.3. The molecule has 0 aromatic heterocycles. The Balaban J connectivity index is 1.80. The molecule has 4 aromatic rings. The summed E-state index contributed by atoms with van der Waals surface area (Å²) in [4.78, 5) is 15.7. The molecule has 4 aromatic carbocycles. The topological polar surface area (TPSA) is 69.9 Å². The molecule has 0 aliphatic carbocycles. The molecule has 2 N–H and O–H groups in total. The molecule has 0 atom stereocenters. The molecule has 0 spiro atoms. The zero-order valence-electron chi connectivity index (χ0n) is 16.6. The van der Waals surface area contributed by atoms with Crippen LogP contribution in [-0.2, 0) is 0 Å². The van der Waals surface area contributed by atoms with Gasteiger partial charge in [-0.2, -0.15) is 0 Å². The third-order valence-electron chi connectivity index (χ3n) is 4.77. The van der Waals surface area contributed by atoms with Crippen molar-refractivity contribution in [2.75, 3.05) is 0 Å². The van der Waals surface area contributed by atoms with E-state index in [4.69, 9.17) is 0 Å². The van der Waals surface area contributed by atoms with Gasteiger partial charge in [-0.05, 0) is 42.0 Å². The van der Waals surface area contributed by atoms with Crippen LogP contribution in [0.2, 0.25) is 0 Å². The van der Waals surface area contributed by atoms with Crippen LogP contribution in [0.15, 0.2) is 108 Å². The zero-order valence-corrected chi connectivity index (χ0v) is 17.5. The van der Waals surface area contributed by atoms with Crippen molar-refractivity contribution in [2.45, 2.75) is 0 Å². The summed E-state index contributed by atoms with van der Waals surface area (Å²) in [6, 6.07) is 32.8. The SMILES string of the molecule is O=C(O)c1ccc(O)c(/N=C/c2ccccc2P(c2ccccc2)c2ccccc2)c1. The monoisotopic (exact) mass is 425 g/mol. The lowest BCUT2D eigenvalue weighted by atomic mass is 10.2. The summed E-state index contributed by atoms with van der Waals surface area (Å²) in [6.45, 7) is 0. The molecule has 0 unspecified atom stereocenters. The lowest BCUT2D eigenvalue weighted by Gasteiger charge is -2.21. The number of carbonyl (C=O) groups is 1. The van der Waals surface area contributed by atoms with Gasteiger partial charge in [0.25, 0.3) is 0 Å². The highest BCUT2D eigenvalue weighted by atomic mass is 31.1. The van der Waals surface area contributed by atoms with Crippen molar-refractivity contribution in [1.29, 1.82) is 0 Å². The van der Waals surface area contributed by atoms with Crippen molar-refractivity contribution in [3.05, 3.63) is 114 Å². The number of rotatable bonds is 6. The maximum atomic E-state index is 11.3. The standard InChI is InChI=1S/C26H20NO3P/c28-24-16-15-19(26(29)30)17-23(24)27-18-20-9-7-8-14-25(20)31(21-10-3-1-4-11-21)22-12-5-2-6-13-22/h1-18,28H,(H,29,30)/b27-18+. The van der Waals surface area contributed by atoms with Crippen LogP contribution in [0, 0.1) is 0 Å². The van der Waals surface area contributed by atoms with E-state index < -0.39 is 13.9 Å². The number of aromatic hydroxyl groups is 1. The van der Waals surface area contributed by atoms with Crippen LogP contribution >= 0.6 is 7.92 Å². The molecule has 0 amide bonds. The number of aliphatic imine (C=N–C) groups is 1. The minimum absolute atomic E-state index is 0.0629. The first kappa shape index (κ1) is 20.5. The Hall–Kier alpha value is -3.75. The van der Waals surface area contributed by atoms with Crippen LogP contribution in [0.3, 0.4) is 0 Å². The van der Waals surface area contributed by atoms with E-state index >= 15 is 0 Å². The Morgan fingerprint density at radius 2 is 1.35 bits per heavy atom. The number of hydrogen-bond donors (Lipinski definition) is 2. The first-order valence-corrected chi connectivity index (χ1v) is 11.1. The van der Waals surface area contributed by atoms with Crippen molar-refractivity contribution in [3.63, 3.8) is 0 Å². The Morgan fingerprint density at radius 1 is 0.774 bits per heavy atom. The molecular formula is C26H20NO3P. The van der Waals surface area contributed by atoms with Gasteiger partial charge in [0.05, 0.1) is 5.56 Å². The molecule has 0 aliphatic rings. The van der Waals surface area contributed by atoms with Crippen molar-refractivity contribution in [3.8, 4) is 5.75 Å². The molecule has 0 bridgehead atoms. The zero-order chi connectivity index (χ0) is 21.6. The van der Waals surface area contributed by atoms with Gasteiger partial charge < -0.3 is 10.2 Å². The molecule has 4 nitrogen and oxygen atoms in total. The maximum Gasteiger partial charge on any atom is 0.335 e. The highest BCUT2D eigenvalue weighted by Crippen LogP contribution is 2.34. The first-order valence-electron chi connectivity index (χ1n) is 9.73. The molecule has 5 heteroatoms. The molecule has 0 saturated heterocycles. The predicted molar refractivity (Wildman–Crippen MR) is 127 cm³/mol. The number of hydrogen-bond acceptors (Lipinski definition) is 3. The normalized spacial score (nSPS) is 11.1. The van der Waals surface area contributed by atoms with Crippen LogP contribution in [0.5, 0.6) is 5.75 Å². The van der Waals surface area contributed by atoms with E-state index in [9.17, 15) is 15.0 Å². The van der Waals surface area contributed by atoms with Crippen LogP contribution in [-0.4, -0.2) is 22.4 Å². The lowest BCUT2D eigenvalue weighted by Crippen LogP contribution is -2.23. The first-order chi connectivity index (χ1) is 15.1. The summed E-state index contributed by atoms with van der Waals surface area (Å²) in [7, 11) is -0.819. The second kappa shape index (κ2) is 9.38. The van der Waals surface area contributed by atoms with Gasteiger partial charge >= 0.3 is 5.97 Å². The quantitative estimate of drug-likeness (QED) is 0.350. The molecule has 0 aliphatic heterocycles. The molecule has 0 heterocycles. The van der Waals surface area contributed by atoms with E-state index in [0.717, 1.165) is 10.9 Å². The third-order valence-corrected chi connectivity index (χ3v) is 7.29.